The number of rotatable bonds is 5. The van der Waals surface area contributed by atoms with Crippen molar-refractivity contribution in [2.75, 3.05) is 12.0 Å². The number of aromatic nitrogens is 2. The highest BCUT2D eigenvalue weighted by Crippen LogP contribution is 2.42. The molecule has 0 aliphatic carbocycles. The highest BCUT2D eigenvalue weighted by molar-refractivity contribution is 6.42. The fraction of sp³-hybridized carbons (Fsp3) is 0.136. The summed E-state index contributed by atoms with van der Waals surface area (Å²) in [6.07, 6.45) is 1.13. The molecule has 3 aromatic carbocycles. The molecule has 0 radical (unpaired) electrons. The number of methoxy groups -OCH3 is 1. The van der Waals surface area contributed by atoms with Crippen LogP contribution in [0.3, 0.4) is 0 Å². The lowest BCUT2D eigenvalue weighted by Crippen LogP contribution is -2.25. The summed E-state index contributed by atoms with van der Waals surface area (Å²) >= 11 is 12.3. The number of anilines is 2. The largest absolute Gasteiger partial charge is 0.493 e. The summed E-state index contributed by atoms with van der Waals surface area (Å²) in [5.41, 5.74) is 10.9. The van der Waals surface area contributed by atoms with E-state index in [2.05, 4.69) is 15.3 Å². The van der Waals surface area contributed by atoms with Gasteiger partial charge in [-0.25, -0.2) is 4.63 Å². The van der Waals surface area contributed by atoms with E-state index in [1.807, 2.05) is 41.3 Å². The molecule has 1 aromatic heterocycles. The Kier molecular flexibility index (Phi) is 5.34. The van der Waals surface area contributed by atoms with Gasteiger partial charge in [0.15, 0.2) is 11.5 Å². The molecular formula is C22H17Cl2N5O3. The van der Waals surface area contributed by atoms with Gasteiger partial charge in [0.2, 0.25) is 0 Å². The normalized spacial score (nSPS) is 15.1. The summed E-state index contributed by atoms with van der Waals surface area (Å²) in [5, 5.41) is 8.60. The van der Waals surface area contributed by atoms with Crippen molar-refractivity contribution in [2.45, 2.75) is 12.8 Å². The smallest absolute Gasteiger partial charge is 0.163 e. The average molecular weight is 470 g/mol. The van der Waals surface area contributed by atoms with Crippen molar-refractivity contribution in [1.82, 2.24) is 10.3 Å². The number of ether oxygens (including phenoxy) is 2. The third kappa shape index (κ3) is 3.73. The van der Waals surface area contributed by atoms with Gasteiger partial charge in [-0.15, -0.1) is 0 Å². The minimum absolute atomic E-state index is 0.296. The monoisotopic (exact) mass is 469 g/mol. The lowest BCUT2D eigenvalue weighted by atomic mass is 10.1. The second kappa shape index (κ2) is 8.31. The number of hydrogen-bond acceptors (Lipinski definition) is 8. The maximum absolute atomic E-state index is 6.23. The molecule has 8 nitrogen and oxygen atoms in total. The molecule has 162 valence electrons. The standard InChI is InChI=1S/C22H17Cl2N5O3/c1-30-20-8-14-19(29(11-26-22(14)25)13-3-4-15(23)16(24)7-13)9-21(20)31-10-12-2-5-17-18(6-12)28-32-27-17/h2-9,11,22H,10,25H2,1H3. The molecule has 32 heavy (non-hydrogen) atoms. The van der Waals surface area contributed by atoms with Crippen molar-refractivity contribution in [3.63, 3.8) is 0 Å². The van der Waals surface area contributed by atoms with Crippen LogP contribution in [0.15, 0.2) is 58.2 Å². The molecule has 0 saturated heterocycles. The summed E-state index contributed by atoms with van der Waals surface area (Å²) in [7, 11) is 1.58. The predicted octanol–water partition coefficient (Wildman–Crippen LogP) is 5.25. The van der Waals surface area contributed by atoms with E-state index >= 15 is 0 Å². The summed E-state index contributed by atoms with van der Waals surface area (Å²) < 4.78 is 16.4. The van der Waals surface area contributed by atoms with Gasteiger partial charge in [0.1, 0.15) is 23.8 Å². The van der Waals surface area contributed by atoms with E-state index in [-0.39, 0.29) is 0 Å². The molecule has 0 spiro atoms. The van der Waals surface area contributed by atoms with Gasteiger partial charge in [-0.2, -0.15) is 0 Å². The molecule has 4 aromatic rings. The third-order valence-electron chi connectivity index (χ3n) is 5.13. The molecule has 5 rings (SSSR count). The topological polar surface area (TPSA) is 99.0 Å². The van der Waals surface area contributed by atoms with Crippen molar-refractivity contribution in [3.05, 3.63) is 69.7 Å². The second-order valence-corrected chi connectivity index (χ2v) is 7.93. The van der Waals surface area contributed by atoms with Crippen molar-refractivity contribution in [1.29, 1.82) is 0 Å². The van der Waals surface area contributed by atoms with Gasteiger partial charge in [-0.3, -0.25) is 4.99 Å². The van der Waals surface area contributed by atoms with E-state index in [1.165, 1.54) is 0 Å². The Balaban J connectivity index is 1.50. The average Bonchev–Trinajstić information content (AvgIpc) is 3.27. The zero-order valence-electron chi connectivity index (χ0n) is 16.8. The Bertz CT molecular complexity index is 1340. The number of hydrogen-bond donors (Lipinski definition) is 1. The summed E-state index contributed by atoms with van der Waals surface area (Å²) in [6, 6.07) is 14.7. The van der Waals surface area contributed by atoms with Gasteiger partial charge in [0.05, 0.1) is 29.2 Å². The maximum atomic E-state index is 6.23. The lowest BCUT2D eigenvalue weighted by molar-refractivity contribution is 0.284. The fourth-order valence-electron chi connectivity index (χ4n) is 3.48. The van der Waals surface area contributed by atoms with Crippen LogP contribution in [0.4, 0.5) is 11.4 Å². The minimum atomic E-state index is -0.533. The maximum Gasteiger partial charge on any atom is 0.163 e. The Morgan fingerprint density at radius 1 is 1.00 bits per heavy atom. The number of nitrogens with zero attached hydrogens (tertiary/aromatic N) is 4. The van der Waals surface area contributed by atoms with Crippen LogP contribution in [0, 0.1) is 0 Å². The zero-order valence-corrected chi connectivity index (χ0v) is 18.3. The summed E-state index contributed by atoms with van der Waals surface area (Å²) in [4.78, 5) is 6.26. The quantitative estimate of drug-likeness (QED) is 0.425. The van der Waals surface area contributed by atoms with E-state index in [0.29, 0.717) is 39.2 Å². The number of nitrogens with two attached hydrogens (primary N) is 1. The minimum Gasteiger partial charge on any atom is -0.493 e. The van der Waals surface area contributed by atoms with Crippen LogP contribution in [0.5, 0.6) is 11.5 Å². The van der Waals surface area contributed by atoms with Gasteiger partial charge >= 0.3 is 0 Å². The summed E-state index contributed by atoms with van der Waals surface area (Å²) in [6.45, 7) is 0.296. The van der Waals surface area contributed by atoms with Gasteiger partial charge < -0.3 is 20.1 Å². The van der Waals surface area contributed by atoms with E-state index in [4.69, 9.17) is 43.0 Å². The van der Waals surface area contributed by atoms with Crippen molar-refractivity contribution in [2.24, 2.45) is 10.7 Å². The highest BCUT2D eigenvalue weighted by Gasteiger charge is 2.24. The molecule has 2 heterocycles. The van der Waals surface area contributed by atoms with Crippen LogP contribution < -0.4 is 20.1 Å². The van der Waals surface area contributed by atoms with Gasteiger partial charge in [0, 0.05) is 17.3 Å². The third-order valence-corrected chi connectivity index (χ3v) is 5.87. The van der Waals surface area contributed by atoms with E-state index in [1.54, 1.807) is 25.6 Å². The van der Waals surface area contributed by atoms with Crippen molar-refractivity contribution < 1.29 is 14.1 Å². The molecule has 0 bridgehead atoms. The van der Waals surface area contributed by atoms with Crippen LogP contribution >= 0.6 is 23.2 Å². The molecule has 1 aliphatic rings. The van der Waals surface area contributed by atoms with Crippen molar-refractivity contribution >= 4 is 51.9 Å². The molecule has 0 fully saturated rings. The molecule has 2 N–H and O–H groups in total. The molecule has 1 aliphatic heterocycles. The first-order chi connectivity index (χ1) is 15.5. The van der Waals surface area contributed by atoms with Crippen LogP contribution in [-0.4, -0.2) is 23.8 Å². The molecule has 0 amide bonds. The second-order valence-electron chi connectivity index (χ2n) is 7.12. The van der Waals surface area contributed by atoms with E-state index in [0.717, 1.165) is 22.5 Å². The van der Waals surface area contributed by atoms with Gasteiger partial charge in [-0.1, -0.05) is 29.3 Å². The Hall–Kier alpha value is -3.33. The molecular weight excluding hydrogens is 453 g/mol. The number of halogens is 2. The molecule has 1 atom stereocenters. The molecule has 1 unspecified atom stereocenters. The predicted molar refractivity (Wildman–Crippen MR) is 123 cm³/mol. The number of aliphatic imine (C=N–C) groups is 1. The fourth-order valence-corrected chi connectivity index (χ4v) is 3.78. The first kappa shape index (κ1) is 20.6. The SMILES string of the molecule is COc1cc2c(cc1OCc1ccc3nonc3c1)N(c1ccc(Cl)c(Cl)c1)C=NC2N. The zero-order chi connectivity index (χ0) is 22.2. The molecule has 10 heteroatoms. The lowest BCUT2D eigenvalue weighted by Gasteiger charge is -2.29. The summed E-state index contributed by atoms with van der Waals surface area (Å²) in [5.74, 6) is 1.10. The number of benzene rings is 3. The van der Waals surface area contributed by atoms with E-state index < -0.39 is 6.17 Å². The van der Waals surface area contributed by atoms with Gasteiger partial charge in [-0.05, 0) is 52.3 Å². The Labute approximate surface area is 193 Å². The van der Waals surface area contributed by atoms with Crippen molar-refractivity contribution in [3.8, 4) is 11.5 Å². The first-order valence-electron chi connectivity index (χ1n) is 9.62. The Morgan fingerprint density at radius 3 is 2.66 bits per heavy atom. The first-order valence-corrected chi connectivity index (χ1v) is 10.4. The van der Waals surface area contributed by atoms with Crippen LogP contribution in [0.25, 0.3) is 11.0 Å². The van der Waals surface area contributed by atoms with Crippen LogP contribution in [-0.2, 0) is 6.61 Å². The molecule has 0 saturated carbocycles. The van der Waals surface area contributed by atoms with Gasteiger partial charge in [0.25, 0.3) is 0 Å². The number of fused-ring (bicyclic) bond motifs is 2. The van der Waals surface area contributed by atoms with E-state index in [9.17, 15) is 0 Å². The van der Waals surface area contributed by atoms with Crippen LogP contribution in [0.1, 0.15) is 17.3 Å². The van der Waals surface area contributed by atoms with Crippen LogP contribution in [0.2, 0.25) is 10.0 Å². The Morgan fingerprint density at radius 2 is 1.84 bits per heavy atom. The highest BCUT2D eigenvalue weighted by atomic mass is 35.5.